The molecule has 8 nitrogen and oxygen atoms in total. The zero-order valence-corrected chi connectivity index (χ0v) is 17.4. The minimum atomic E-state index is 0.231. The first kappa shape index (κ1) is 19.6. The van der Waals surface area contributed by atoms with Crippen molar-refractivity contribution in [2.24, 2.45) is 0 Å². The molecule has 2 atom stereocenters. The molecule has 1 fully saturated rings. The Bertz CT molecular complexity index is 1050. The summed E-state index contributed by atoms with van der Waals surface area (Å²) >= 11 is 0. The first-order chi connectivity index (χ1) is 15.2. The molecular weight excluding hydrogens is 392 g/mol. The molecular formula is C23H27N6O2+. The van der Waals surface area contributed by atoms with Crippen molar-refractivity contribution in [2.45, 2.75) is 31.8 Å². The highest BCUT2D eigenvalue weighted by Gasteiger charge is 2.32. The van der Waals surface area contributed by atoms with Crippen molar-refractivity contribution in [1.29, 1.82) is 0 Å². The fourth-order valence-corrected chi connectivity index (χ4v) is 4.35. The molecule has 1 saturated heterocycles. The minimum absolute atomic E-state index is 0.231. The van der Waals surface area contributed by atoms with Crippen molar-refractivity contribution in [3.63, 3.8) is 0 Å². The highest BCUT2D eigenvalue weighted by molar-refractivity contribution is 5.53. The first-order valence-electron chi connectivity index (χ1n) is 10.8. The molecule has 4 N–H and O–H groups in total. The van der Waals surface area contributed by atoms with E-state index in [1.165, 1.54) is 10.5 Å². The number of hydrogen-bond acceptors (Lipinski definition) is 7. The lowest BCUT2D eigenvalue weighted by Crippen LogP contribution is -3.09. The number of nitrogens with zero attached hydrogens (tertiary/aromatic N) is 3. The normalized spacial score (nSPS) is 20.3. The number of hydrogen-bond donors (Lipinski definition) is 3. The molecule has 0 spiro atoms. The molecule has 160 valence electrons. The lowest BCUT2D eigenvalue weighted by Gasteiger charge is -2.22. The number of nitrogens with one attached hydrogen (secondary N) is 2. The standard InChI is InChI=1S/C23H26N6O2/c24-22-26-21(27-23(28-22)25-17-6-2-1-3-7-17)15-29-11-4-8-18(29)16-9-10-19-20(14-16)31-13-5-12-30-19/h1-3,6-7,9-10,14,18H,4-5,8,11-13,15H2,(H3,24,25,26,27,28)/p+1/t18-/m1/s1. The summed E-state index contributed by atoms with van der Waals surface area (Å²) in [7, 11) is 0. The van der Waals surface area contributed by atoms with Crippen LogP contribution >= 0.6 is 0 Å². The number of fused-ring (bicyclic) bond motifs is 1. The molecule has 0 bridgehead atoms. The number of ether oxygens (including phenoxy) is 2. The van der Waals surface area contributed by atoms with Crippen molar-refractivity contribution >= 4 is 17.6 Å². The van der Waals surface area contributed by atoms with Crippen molar-refractivity contribution in [3.05, 3.63) is 59.9 Å². The molecule has 0 amide bonds. The lowest BCUT2D eigenvalue weighted by atomic mass is 10.0. The maximum atomic E-state index is 5.98. The predicted molar refractivity (Wildman–Crippen MR) is 118 cm³/mol. The number of anilines is 3. The molecule has 0 radical (unpaired) electrons. The summed E-state index contributed by atoms with van der Waals surface area (Å²) in [6.45, 7) is 3.15. The smallest absolute Gasteiger partial charge is 0.232 e. The average molecular weight is 420 g/mol. The minimum Gasteiger partial charge on any atom is -0.490 e. The van der Waals surface area contributed by atoms with Gasteiger partial charge in [0.15, 0.2) is 17.3 Å². The van der Waals surface area contributed by atoms with Gasteiger partial charge in [-0.25, -0.2) is 0 Å². The number of para-hydroxylation sites is 1. The molecule has 3 heterocycles. The van der Waals surface area contributed by atoms with E-state index < -0.39 is 0 Å². The summed E-state index contributed by atoms with van der Waals surface area (Å²) in [4.78, 5) is 14.7. The van der Waals surface area contributed by atoms with Crippen LogP contribution in [0.5, 0.6) is 11.5 Å². The Balaban J connectivity index is 1.34. The Hall–Kier alpha value is -3.39. The summed E-state index contributed by atoms with van der Waals surface area (Å²) in [5, 5.41) is 3.21. The molecule has 2 aliphatic rings. The van der Waals surface area contributed by atoms with Gasteiger partial charge >= 0.3 is 0 Å². The Labute approximate surface area is 181 Å². The van der Waals surface area contributed by atoms with E-state index in [2.05, 4.69) is 32.4 Å². The Kier molecular flexibility index (Phi) is 5.54. The lowest BCUT2D eigenvalue weighted by molar-refractivity contribution is -0.932. The largest absolute Gasteiger partial charge is 0.490 e. The SMILES string of the molecule is Nc1nc(C[NH+]2CCC[C@@H]2c2ccc3c(c2)OCCCO3)nc(Nc2ccccc2)n1. The zero-order valence-electron chi connectivity index (χ0n) is 17.4. The van der Waals surface area contributed by atoms with Gasteiger partial charge in [0.25, 0.3) is 0 Å². The van der Waals surface area contributed by atoms with E-state index >= 15 is 0 Å². The molecule has 2 aliphatic heterocycles. The molecule has 8 heteroatoms. The van der Waals surface area contributed by atoms with Crippen LogP contribution in [0.15, 0.2) is 48.5 Å². The van der Waals surface area contributed by atoms with E-state index in [0.29, 0.717) is 37.6 Å². The molecule has 0 saturated carbocycles. The second-order valence-electron chi connectivity index (χ2n) is 7.96. The van der Waals surface area contributed by atoms with Gasteiger partial charge in [-0.1, -0.05) is 18.2 Å². The van der Waals surface area contributed by atoms with Gasteiger partial charge in [-0.2, -0.15) is 15.0 Å². The van der Waals surface area contributed by atoms with Crippen LogP contribution in [0.2, 0.25) is 0 Å². The Morgan fingerprint density at radius 3 is 2.68 bits per heavy atom. The highest BCUT2D eigenvalue weighted by atomic mass is 16.5. The third kappa shape index (κ3) is 4.54. The fourth-order valence-electron chi connectivity index (χ4n) is 4.35. The summed E-state index contributed by atoms with van der Waals surface area (Å²) in [6.07, 6.45) is 3.18. The van der Waals surface area contributed by atoms with Gasteiger partial charge in [0.1, 0.15) is 12.6 Å². The maximum Gasteiger partial charge on any atom is 0.232 e. The van der Waals surface area contributed by atoms with Crippen LogP contribution in [-0.2, 0) is 6.54 Å². The number of nitrogens with two attached hydrogens (primary N) is 1. The van der Waals surface area contributed by atoms with Gasteiger partial charge in [-0.15, -0.1) is 0 Å². The number of benzene rings is 2. The van der Waals surface area contributed by atoms with Crippen LogP contribution in [0, 0.1) is 0 Å². The number of rotatable bonds is 5. The predicted octanol–water partition coefficient (Wildman–Crippen LogP) is 2.28. The Morgan fingerprint density at radius 1 is 0.968 bits per heavy atom. The average Bonchev–Trinajstić information content (AvgIpc) is 3.09. The number of likely N-dealkylation sites (tertiary alicyclic amines) is 1. The molecule has 1 unspecified atom stereocenters. The topological polar surface area (TPSA) is 99.6 Å². The molecule has 0 aliphatic carbocycles. The third-order valence-corrected chi connectivity index (χ3v) is 5.77. The molecule has 3 aromatic rings. The van der Waals surface area contributed by atoms with E-state index in [0.717, 1.165) is 43.0 Å². The van der Waals surface area contributed by atoms with Crippen molar-refractivity contribution in [1.82, 2.24) is 15.0 Å². The van der Waals surface area contributed by atoms with Crippen LogP contribution < -0.4 is 25.4 Å². The number of aromatic nitrogens is 3. The van der Waals surface area contributed by atoms with Gasteiger partial charge in [-0.3, -0.25) is 0 Å². The molecule has 31 heavy (non-hydrogen) atoms. The third-order valence-electron chi connectivity index (χ3n) is 5.77. The highest BCUT2D eigenvalue weighted by Crippen LogP contribution is 2.33. The van der Waals surface area contributed by atoms with Gasteiger partial charge in [-0.05, 0) is 30.3 Å². The monoisotopic (exact) mass is 419 g/mol. The van der Waals surface area contributed by atoms with E-state index in [4.69, 9.17) is 15.2 Å². The summed E-state index contributed by atoms with van der Waals surface area (Å²) < 4.78 is 11.7. The second-order valence-corrected chi connectivity index (χ2v) is 7.96. The van der Waals surface area contributed by atoms with Gasteiger partial charge < -0.3 is 25.4 Å². The zero-order chi connectivity index (χ0) is 21.0. The molecule has 5 rings (SSSR count). The summed E-state index contributed by atoms with van der Waals surface area (Å²) in [6, 6.07) is 16.5. The van der Waals surface area contributed by atoms with Gasteiger partial charge in [0.2, 0.25) is 11.9 Å². The molecule has 1 aromatic heterocycles. The second kappa shape index (κ2) is 8.77. The fraction of sp³-hybridized carbons (Fsp3) is 0.348. The quantitative estimate of drug-likeness (QED) is 0.583. The van der Waals surface area contributed by atoms with Crippen LogP contribution in [0.1, 0.15) is 36.7 Å². The summed E-state index contributed by atoms with van der Waals surface area (Å²) in [5.74, 6) is 3.08. The van der Waals surface area contributed by atoms with E-state index in [9.17, 15) is 0 Å². The van der Waals surface area contributed by atoms with Gasteiger partial charge in [0.05, 0.1) is 19.8 Å². The summed E-state index contributed by atoms with van der Waals surface area (Å²) in [5.41, 5.74) is 8.16. The van der Waals surface area contributed by atoms with E-state index in [1.807, 2.05) is 36.4 Å². The maximum absolute atomic E-state index is 5.98. The number of nitrogen functional groups attached to an aromatic ring is 1. The van der Waals surface area contributed by atoms with Crippen molar-refractivity contribution in [2.75, 3.05) is 30.8 Å². The van der Waals surface area contributed by atoms with E-state index in [-0.39, 0.29) is 5.95 Å². The van der Waals surface area contributed by atoms with Gasteiger partial charge in [0, 0.05) is 30.5 Å². The molecule has 2 aromatic carbocycles. The number of quaternary nitrogens is 1. The Morgan fingerprint density at radius 2 is 1.81 bits per heavy atom. The van der Waals surface area contributed by atoms with Crippen molar-refractivity contribution in [3.8, 4) is 11.5 Å². The van der Waals surface area contributed by atoms with Crippen LogP contribution in [-0.4, -0.2) is 34.7 Å². The first-order valence-corrected chi connectivity index (χ1v) is 10.8. The van der Waals surface area contributed by atoms with Crippen LogP contribution in [0.4, 0.5) is 17.6 Å². The van der Waals surface area contributed by atoms with Crippen LogP contribution in [0.25, 0.3) is 0 Å². The van der Waals surface area contributed by atoms with Crippen molar-refractivity contribution < 1.29 is 14.4 Å². The van der Waals surface area contributed by atoms with E-state index in [1.54, 1.807) is 0 Å². The van der Waals surface area contributed by atoms with Crippen LogP contribution in [0.3, 0.4) is 0 Å².